The quantitative estimate of drug-likeness (QED) is 0.604. The summed E-state index contributed by atoms with van der Waals surface area (Å²) in [6, 6.07) is 13.9. The van der Waals surface area contributed by atoms with Crippen LogP contribution < -0.4 is 10.7 Å². The Hall–Kier alpha value is -2.18. The maximum absolute atomic E-state index is 11.8. The van der Waals surface area contributed by atoms with Gasteiger partial charge in [-0.3, -0.25) is 9.59 Å². The number of amides is 2. The predicted octanol–water partition coefficient (Wildman–Crippen LogP) is 2.98. The molecule has 0 radical (unpaired) electrons. The fourth-order valence-corrected chi connectivity index (χ4v) is 2.26. The molecule has 2 rings (SSSR count). The van der Waals surface area contributed by atoms with Gasteiger partial charge in [0.1, 0.15) is 0 Å². The highest BCUT2D eigenvalue weighted by Crippen LogP contribution is 2.13. The monoisotopic (exact) mass is 393 g/mol. The summed E-state index contributed by atoms with van der Waals surface area (Å²) in [4.78, 5) is 23.5. The number of carbonyl (C=O) groups excluding carboxylic acids is 2. The predicted molar refractivity (Wildman–Crippen MR) is 93.7 cm³/mol. The lowest BCUT2D eigenvalue weighted by Gasteiger charge is -2.04. The van der Waals surface area contributed by atoms with Gasteiger partial charge in [0, 0.05) is 20.6 Å². The fourth-order valence-electron chi connectivity index (χ4n) is 1.69. The lowest BCUT2D eigenvalue weighted by Crippen LogP contribution is -2.34. The van der Waals surface area contributed by atoms with E-state index in [1.54, 1.807) is 18.2 Å². The second kappa shape index (κ2) is 8.45. The number of halogens is 2. The van der Waals surface area contributed by atoms with Gasteiger partial charge in [-0.15, -0.1) is 0 Å². The number of rotatable bonds is 5. The van der Waals surface area contributed by atoms with Crippen molar-refractivity contribution in [3.05, 3.63) is 69.2 Å². The van der Waals surface area contributed by atoms with Crippen molar-refractivity contribution in [2.45, 2.75) is 0 Å². The van der Waals surface area contributed by atoms with Crippen molar-refractivity contribution < 1.29 is 9.59 Å². The first-order valence-electron chi connectivity index (χ1n) is 6.66. The maximum Gasteiger partial charge on any atom is 0.259 e. The number of hydrogen-bond acceptors (Lipinski definition) is 3. The Kier molecular flexibility index (Phi) is 6.31. The largest absolute Gasteiger partial charge is 0.343 e. The molecule has 0 aliphatic rings. The molecule has 0 heterocycles. The first-order valence-corrected chi connectivity index (χ1v) is 7.83. The number of hydrogen-bond donors (Lipinski definition) is 2. The highest BCUT2D eigenvalue weighted by atomic mass is 79.9. The van der Waals surface area contributed by atoms with E-state index in [0.29, 0.717) is 10.6 Å². The van der Waals surface area contributed by atoms with Crippen LogP contribution in [0.1, 0.15) is 15.9 Å². The van der Waals surface area contributed by atoms with Crippen molar-refractivity contribution in [3.8, 4) is 0 Å². The van der Waals surface area contributed by atoms with E-state index < -0.39 is 5.91 Å². The molecule has 23 heavy (non-hydrogen) atoms. The third-order valence-corrected chi connectivity index (χ3v) is 3.75. The van der Waals surface area contributed by atoms with Gasteiger partial charge in [-0.1, -0.05) is 51.8 Å². The van der Waals surface area contributed by atoms with Crippen molar-refractivity contribution in [2.24, 2.45) is 5.10 Å². The summed E-state index contributed by atoms with van der Waals surface area (Å²) < 4.78 is 0.868. The lowest BCUT2D eigenvalue weighted by molar-refractivity contribution is -0.120. The van der Waals surface area contributed by atoms with Gasteiger partial charge in [-0.25, -0.2) is 5.43 Å². The van der Waals surface area contributed by atoms with Gasteiger partial charge < -0.3 is 5.32 Å². The highest BCUT2D eigenvalue weighted by molar-refractivity contribution is 9.10. The van der Waals surface area contributed by atoms with Crippen molar-refractivity contribution >= 4 is 45.6 Å². The molecule has 2 aromatic carbocycles. The molecule has 0 bridgehead atoms. The minimum absolute atomic E-state index is 0.182. The highest BCUT2D eigenvalue weighted by Gasteiger charge is 2.07. The van der Waals surface area contributed by atoms with Crippen LogP contribution in [0.2, 0.25) is 5.02 Å². The van der Waals surface area contributed by atoms with E-state index in [2.05, 4.69) is 31.8 Å². The summed E-state index contributed by atoms with van der Waals surface area (Å²) in [6.07, 6.45) is 1.51. The molecular weight excluding hydrogens is 382 g/mol. The van der Waals surface area contributed by atoms with Crippen LogP contribution in [0.4, 0.5) is 0 Å². The van der Waals surface area contributed by atoms with E-state index >= 15 is 0 Å². The summed E-state index contributed by atoms with van der Waals surface area (Å²) in [5.41, 5.74) is 3.57. The molecule has 5 nitrogen and oxygen atoms in total. The number of hydrazone groups is 1. The molecule has 0 atom stereocenters. The minimum atomic E-state index is -0.427. The second-order valence-corrected chi connectivity index (χ2v) is 5.80. The molecule has 0 aliphatic carbocycles. The average Bonchev–Trinajstić information content (AvgIpc) is 2.54. The van der Waals surface area contributed by atoms with E-state index in [1.165, 1.54) is 12.3 Å². The first kappa shape index (κ1) is 17.2. The van der Waals surface area contributed by atoms with Crippen molar-refractivity contribution in [1.29, 1.82) is 0 Å². The summed E-state index contributed by atoms with van der Waals surface area (Å²) in [5.74, 6) is -0.805. The van der Waals surface area contributed by atoms with Crippen LogP contribution in [0.5, 0.6) is 0 Å². The van der Waals surface area contributed by atoms with Crippen LogP contribution in [-0.4, -0.2) is 24.6 Å². The Balaban J connectivity index is 1.81. The topological polar surface area (TPSA) is 70.6 Å². The van der Waals surface area contributed by atoms with Crippen LogP contribution in [0.25, 0.3) is 0 Å². The van der Waals surface area contributed by atoms with Gasteiger partial charge in [-0.05, 0) is 24.3 Å². The SMILES string of the molecule is O=C(CNC(=O)c1cccc(Cl)c1)N/N=C/c1ccccc1Br. The van der Waals surface area contributed by atoms with Gasteiger partial charge in [0.15, 0.2) is 0 Å². The Bertz CT molecular complexity index is 750. The van der Waals surface area contributed by atoms with Gasteiger partial charge in [0.25, 0.3) is 11.8 Å². The Morgan fingerprint density at radius 3 is 2.70 bits per heavy atom. The van der Waals surface area contributed by atoms with Crippen LogP contribution in [0.15, 0.2) is 58.1 Å². The molecule has 0 unspecified atom stereocenters. The van der Waals surface area contributed by atoms with Crippen molar-refractivity contribution in [1.82, 2.24) is 10.7 Å². The van der Waals surface area contributed by atoms with Crippen LogP contribution in [-0.2, 0) is 4.79 Å². The van der Waals surface area contributed by atoms with E-state index in [-0.39, 0.29) is 12.5 Å². The Morgan fingerprint density at radius 2 is 1.96 bits per heavy atom. The molecule has 0 aliphatic heterocycles. The molecule has 0 fully saturated rings. The van der Waals surface area contributed by atoms with E-state index in [9.17, 15) is 9.59 Å². The zero-order valence-corrected chi connectivity index (χ0v) is 14.3. The van der Waals surface area contributed by atoms with E-state index in [1.807, 2.05) is 24.3 Å². The van der Waals surface area contributed by atoms with E-state index in [4.69, 9.17) is 11.6 Å². The minimum Gasteiger partial charge on any atom is -0.343 e. The first-order chi connectivity index (χ1) is 11.1. The standard InChI is InChI=1S/C16H13BrClN3O2/c17-14-7-2-1-4-12(14)9-20-21-15(22)10-19-16(23)11-5-3-6-13(18)8-11/h1-9H,10H2,(H,19,23)(H,21,22)/b20-9+. The Morgan fingerprint density at radius 1 is 1.17 bits per heavy atom. The Labute approximate surface area is 146 Å². The van der Waals surface area contributed by atoms with Gasteiger partial charge in [0.05, 0.1) is 12.8 Å². The number of carbonyl (C=O) groups is 2. The van der Waals surface area contributed by atoms with Crippen LogP contribution >= 0.6 is 27.5 Å². The summed E-state index contributed by atoms with van der Waals surface area (Å²) in [6.45, 7) is -0.182. The van der Waals surface area contributed by atoms with Crippen LogP contribution in [0.3, 0.4) is 0 Å². The molecule has 7 heteroatoms. The lowest BCUT2D eigenvalue weighted by atomic mass is 10.2. The molecule has 0 saturated heterocycles. The number of benzene rings is 2. The summed E-state index contributed by atoms with van der Waals surface area (Å²) >= 11 is 9.18. The smallest absolute Gasteiger partial charge is 0.259 e. The number of nitrogens with one attached hydrogen (secondary N) is 2. The van der Waals surface area contributed by atoms with Gasteiger partial charge >= 0.3 is 0 Å². The molecule has 2 amide bonds. The second-order valence-electron chi connectivity index (χ2n) is 4.51. The third-order valence-electron chi connectivity index (χ3n) is 2.79. The van der Waals surface area contributed by atoms with Crippen LogP contribution in [0, 0.1) is 0 Å². The van der Waals surface area contributed by atoms with Gasteiger partial charge in [0.2, 0.25) is 0 Å². The summed E-state index contributed by atoms with van der Waals surface area (Å²) in [5, 5.41) is 6.79. The maximum atomic E-state index is 11.8. The zero-order valence-electron chi connectivity index (χ0n) is 11.9. The normalized spacial score (nSPS) is 10.5. The van der Waals surface area contributed by atoms with Crippen molar-refractivity contribution in [2.75, 3.05) is 6.54 Å². The molecule has 0 spiro atoms. The molecule has 0 aromatic heterocycles. The molecule has 0 saturated carbocycles. The van der Waals surface area contributed by atoms with E-state index in [0.717, 1.165) is 10.0 Å². The average molecular weight is 395 g/mol. The molecular formula is C16H13BrClN3O2. The van der Waals surface area contributed by atoms with Crippen molar-refractivity contribution in [3.63, 3.8) is 0 Å². The summed E-state index contributed by atoms with van der Waals surface area (Å²) in [7, 11) is 0. The number of nitrogens with zero attached hydrogens (tertiary/aromatic N) is 1. The third kappa shape index (κ3) is 5.50. The molecule has 2 N–H and O–H groups in total. The zero-order chi connectivity index (χ0) is 16.7. The molecule has 2 aromatic rings. The molecule has 118 valence electrons. The fraction of sp³-hybridized carbons (Fsp3) is 0.0625. The van der Waals surface area contributed by atoms with Gasteiger partial charge in [-0.2, -0.15) is 5.10 Å².